The Bertz CT molecular complexity index is 1010. The Morgan fingerprint density at radius 3 is 2.65 bits per heavy atom. The Morgan fingerprint density at radius 2 is 2.03 bits per heavy atom. The van der Waals surface area contributed by atoms with Gasteiger partial charge in [0.25, 0.3) is 0 Å². The van der Waals surface area contributed by atoms with Crippen LogP contribution in [0.4, 0.5) is 0 Å². The summed E-state index contributed by atoms with van der Waals surface area (Å²) in [4.78, 5) is 28.3. The first kappa shape index (κ1) is 28.1. The van der Waals surface area contributed by atoms with Crippen LogP contribution in [0.3, 0.4) is 0 Å². The number of nitrogens with one attached hydrogen (secondary N) is 1. The summed E-state index contributed by atoms with van der Waals surface area (Å²) in [6.07, 6.45) is 2.40. The number of ether oxygens (including phenoxy) is 3. The van der Waals surface area contributed by atoms with Crippen molar-refractivity contribution in [1.82, 2.24) is 10.2 Å². The molecular weight excluding hydrogens is 595 g/mol. The highest BCUT2D eigenvalue weighted by atomic mass is 127. The Hall–Kier alpha value is -1.93. The van der Waals surface area contributed by atoms with E-state index in [0.29, 0.717) is 58.3 Å². The van der Waals surface area contributed by atoms with E-state index >= 15 is 0 Å². The van der Waals surface area contributed by atoms with E-state index in [0.717, 1.165) is 12.8 Å². The van der Waals surface area contributed by atoms with Crippen molar-refractivity contribution in [3.8, 4) is 11.5 Å². The van der Waals surface area contributed by atoms with Gasteiger partial charge in [0.05, 0.1) is 42.5 Å². The fraction of sp³-hybridized carbons (Fsp3) is 0.615. The molecule has 10 nitrogen and oxygen atoms in total. The Balaban J connectivity index is 1.67. The topological polar surface area (TPSA) is 138 Å². The van der Waals surface area contributed by atoms with Crippen molar-refractivity contribution >= 4 is 34.4 Å². The monoisotopic (exact) mass is 630 g/mol. The third kappa shape index (κ3) is 6.75. The van der Waals surface area contributed by atoms with Crippen LogP contribution in [0, 0.1) is 15.4 Å². The standard InChI is InChI=1S/C26H35IN2O8/c1-35-22-9-16(13-31)8-19(27)24(22)37-21-11-18(25(33)28-5-6-30)10-20(23(21)32)29(12-15-2-3-15)26(34)17-4-7-36-14-17/h8-9,11,15,17,20-21,23,30-32H,2-7,10,12-14H2,1H3,(H,28,33)/t17?,20-,21+,23+/m1/s1. The lowest BCUT2D eigenvalue weighted by molar-refractivity contribution is -0.143. The summed E-state index contributed by atoms with van der Waals surface area (Å²) in [6.45, 7) is 1.12. The van der Waals surface area contributed by atoms with Crippen molar-refractivity contribution in [3.05, 3.63) is 32.9 Å². The second kappa shape index (κ2) is 12.7. The van der Waals surface area contributed by atoms with Gasteiger partial charge in [-0.25, -0.2) is 0 Å². The average molecular weight is 630 g/mol. The normalized spacial score (nSPS) is 25.4. The number of aliphatic hydroxyl groups is 3. The number of hydrogen-bond acceptors (Lipinski definition) is 8. The molecule has 1 unspecified atom stereocenters. The van der Waals surface area contributed by atoms with Gasteiger partial charge in [0.2, 0.25) is 11.8 Å². The zero-order valence-electron chi connectivity index (χ0n) is 20.9. The van der Waals surface area contributed by atoms with Crippen LogP contribution in [-0.4, -0.2) is 90.3 Å². The minimum absolute atomic E-state index is 0.0660. The molecule has 0 spiro atoms. The molecule has 0 radical (unpaired) electrons. The number of aliphatic hydroxyl groups excluding tert-OH is 3. The van der Waals surface area contributed by atoms with Crippen molar-refractivity contribution in [2.45, 2.75) is 50.5 Å². The second-order valence-corrected chi connectivity index (χ2v) is 10.9. The van der Waals surface area contributed by atoms with Crippen LogP contribution in [0.25, 0.3) is 0 Å². The highest BCUT2D eigenvalue weighted by molar-refractivity contribution is 14.1. The SMILES string of the molecule is COc1cc(CO)cc(I)c1O[C@H]1C=C(C(=O)NCCO)C[C@@H](N(CC2CC2)C(=O)C2CCOC2)[C@@H]1O. The van der Waals surface area contributed by atoms with E-state index in [1.807, 2.05) is 0 Å². The van der Waals surface area contributed by atoms with Gasteiger partial charge in [0.15, 0.2) is 11.5 Å². The highest BCUT2D eigenvalue weighted by Crippen LogP contribution is 2.38. The van der Waals surface area contributed by atoms with Gasteiger partial charge in [-0.05, 0) is 71.5 Å². The van der Waals surface area contributed by atoms with Gasteiger partial charge in [-0.15, -0.1) is 0 Å². The van der Waals surface area contributed by atoms with Gasteiger partial charge in [-0.1, -0.05) is 0 Å². The molecule has 4 atom stereocenters. The third-order valence-corrected chi connectivity index (χ3v) is 7.86. The number of carbonyl (C=O) groups is 2. The van der Waals surface area contributed by atoms with E-state index in [9.17, 15) is 24.9 Å². The molecule has 1 aliphatic heterocycles. The molecule has 1 heterocycles. The van der Waals surface area contributed by atoms with Crippen LogP contribution in [-0.2, 0) is 20.9 Å². The van der Waals surface area contributed by atoms with Crippen LogP contribution < -0.4 is 14.8 Å². The molecule has 0 bridgehead atoms. The van der Waals surface area contributed by atoms with Gasteiger partial charge in [-0.2, -0.15) is 0 Å². The number of rotatable bonds is 11. The van der Waals surface area contributed by atoms with Gasteiger partial charge in [-0.3, -0.25) is 9.59 Å². The van der Waals surface area contributed by atoms with Crippen LogP contribution in [0.2, 0.25) is 0 Å². The molecule has 204 valence electrons. The Morgan fingerprint density at radius 1 is 1.24 bits per heavy atom. The van der Waals surface area contributed by atoms with Crippen LogP contribution >= 0.6 is 22.6 Å². The summed E-state index contributed by atoms with van der Waals surface area (Å²) in [5.41, 5.74) is 1.03. The Labute approximate surface area is 230 Å². The third-order valence-electron chi connectivity index (χ3n) is 7.05. The molecule has 2 aliphatic carbocycles. The Kier molecular flexibility index (Phi) is 9.67. The summed E-state index contributed by atoms with van der Waals surface area (Å²) in [5.74, 6) is 0.431. The molecule has 0 aromatic heterocycles. The molecule has 4 N–H and O–H groups in total. The molecule has 37 heavy (non-hydrogen) atoms. The predicted octanol–water partition coefficient (Wildman–Crippen LogP) is 0.983. The maximum absolute atomic E-state index is 13.6. The number of hydrogen-bond donors (Lipinski definition) is 4. The number of methoxy groups -OCH3 is 1. The summed E-state index contributed by atoms with van der Waals surface area (Å²) < 4.78 is 17.9. The maximum atomic E-state index is 13.6. The van der Waals surface area contributed by atoms with Crippen molar-refractivity contribution in [1.29, 1.82) is 0 Å². The van der Waals surface area contributed by atoms with E-state index in [4.69, 9.17) is 14.2 Å². The quantitative estimate of drug-likeness (QED) is 0.266. The lowest BCUT2D eigenvalue weighted by atomic mass is 9.87. The smallest absolute Gasteiger partial charge is 0.247 e. The molecule has 3 aliphatic rings. The van der Waals surface area contributed by atoms with Gasteiger partial charge >= 0.3 is 0 Å². The van der Waals surface area contributed by atoms with Crippen molar-refractivity contribution in [2.75, 3.05) is 40.0 Å². The molecule has 1 aromatic rings. The molecule has 2 amide bonds. The van der Waals surface area contributed by atoms with Crippen LogP contribution in [0.15, 0.2) is 23.8 Å². The zero-order chi connectivity index (χ0) is 26.5. The first-order valence-electron chi connectivity index (χ1n) is 12.7. The first-order chi connectivity index (χ1) is 17.9. The molecule has 2 fully saturated rings. The fourth-order valence-corrected chi connectivity index (χ4v) is 5.62. The molecule has 4 rings (SSSR count). The fourth-order valence-electron chi connectivity index (χ4n) is 4.83. The summed E-state index contributed by atoms with van der Waals surface area (Å²) >= 11 is 2.07. The number of benzene rings is 1. The maximum Gasteiger partial charge on any atom is 0.247 e. The van der Waals surface area contributed by atoms with E-state index in [1.165, 1.54) is 7.11 Å². The van der Waals surface area contributed by atoms with Crippen molar-refractivity contribution in [2.24, 2.45) is 11.8 Å². The minimum atomic E-state index is -1.10. The molecule has 1 aromatic carbocycles. The van der Waals surface area contributed by atoms with E-state index < -0.39 is 18.2 Å². The van der Waals surface area contributed by atoms with Crippen LogP contribution in [0.1, 0.15) is 31.2 Å². The van der Waals surface area contributed by atoms with Gasteiger partial charge in [0.1, 0.15) is 12.2 Å². The van der Waals surface area contributed by atoms with Crippen LogP contribution in [0.5, 0.6) is 11.5 Å². The predicted molar refractivity (Wildman–Crippen MR) is 142 cm³/mol. The summed E-state index contributed by atoms with van der Waals surface area (Å²) in [6, 6.07) is 2.75. The second-order valence-electron chi connectivity index (χ2n) is 9.78. The summed E-state index contributed by atoms with van der Waals surface area (Å²) in [5, 5.41) is 33.0. The first-order valence-corrected chi connectivity index (χ1v) is 13.7. The highest BCUT2D eigenvalue weighted by Gasteiger charge is 2.44. The van der Waals surface area contributed by atoms with E-state index in [-0.39, 0.29) is 43.9 Å². The molecule has 1 saturated heterocycles. The molecule has 11 heteroatoms. The molecular formula is C26H35IN2O8. The lowest BCUT2D eigenvalue weighted by Crippen LogP contribution is -2.56. The van der Waals surface area contributed by atoms with Gasteiger partial charge in [0, 0.05) is 31.7 Å². The zero-order valence-corrected chi connectivity index (χ0v) is 23.1. The number of halogens is 1. The minimum Gasteiger partial charge on any atom is -0.493 e. The van der Waals surface area contributed by atoms with Crippen molar-refractivity contribution < 1.29 is 39.1 Å². The van der Waals surface area contributed by atoms with Gasteiger partial charge < -0.3 is 39.7 Å². The van der Waals surface area contributed by atoms with E-state index in [1.54, 1.807) is 23.1 Å². The van der Waals surface area contributed by atoms with Crippen molar-refractivity contribution in [3.63, 3.8) is 0 Å². The largest absolute Gasteiger partial charge is 0.493 e. The molecule has 1 saturated carbocycles. The summed E-state index contributed by atoms with van der Waals surface area (Å²) in [7, 11) is 1.49. The van der Waals surface area contributed by atoms with E-state index in [2.05, 4.69) is 27.9 Å². The number of carbonyl (C=O) groups excluding carboxylic acids is 2. The number of amides is 2. The number of nitrogens with zero attached hydrogens (tertiary/aromatic N) is 1. The lowest BCUT2D eigenvalue weighted by Gasteiger charge is -2.41. The average Bonchev–Trinajstić information content (AvgIpc) is 3.56.